The molecule has 0 aliphatic rings. The van der Waals surface area contributed by atoms with E-state index in [1.54, 1.807) is 12.3 Å². The van der Waals surface area contributed by atoms with E-state index in [0.717, 1.165) is 11.3 Å². The second kappa shape index (κ2) is 6.24. The molecule has 0 bridgehead atoms. The van der Waals surface area contributed by atoms with Gasteiger partial charge in [0.25, 0.3) is 5.91 Å². The van der Waals surface area contributed by atoms with Gasteiger partial charge in [-0.15, -0.1) is 11.3 Å². The van der Waals surface area contributed by atoms with Crippen LogP contribution in [0.5, 0.6) is 5.75 Å². The maximum Gasteiger partial charge on any atom is 0.307 e. The highest BCUT2D eigenvalue weighted by molar-refractivity contribution is 7.10. The molecule has 3 rings (SSSR count). The molecule has 3 aromatic rings. The summed E-state index contributed by atoms with van der Waals surface area (Å²) < 4.78 is 1.36. The summed E-state index contributed by atoms with van der Waals surface area (Å²) >= 11 is 7.32. The zero-order chi connectivity index (χ0) is 18.3. The number of aromatic nitrogens is 1. The number of hydrogen-bond donors (Lipinski definition) is 2. The molecule has 0 amide bonds. The van der Waals surface area contributed by atoms with Crippen molar-refractivity contribution in [3.05, 3.63) is 50.3 Å². The van der Waals surface area contributed by atoms with E-state index in [1.807, 2.05) is 6.07 Å². The van der Waals surface area contributed by atoms with E-state index >= 15 is 0 Å². The molecule has 2 N–H and O–H groups in total. The maximum atomic E-state index is 12.9. The van der Waals surface area contributed by atoms with Gasteiger partial charge in [-0.25, -0.2) is 0 Å². The molecule has 0 aliphatic heterocycles. The average Bonchev–Trinajstić information content (AvgIpc) is 3.14. The van der Waals surface area contributed by atoms with Crippen LogP contribution in [0.3, 0.4) is 0 Å². The minimum Gasteiger partial charge on any atom is -0.506 e. The van der Waals surface area contributed by atoms with Crippen molar-refractivity contribution in [2.24, 2.45) is 0 Å². The normalized spacial score (nSPS) is 10.8. The second-order valence-electron chi connectivity index (χ2n) is 5.38. The van der Waals surface area contributed by atoms with Crippen molar-refractivity contribution in [3.63, 3.8) is 0 Å². The van der Waals surface area contributed by atoms with Crippen LogP contribution in [0.15, 0.2) is 23.6 Å². The first-order valence-corrected chi connectivity index (χ1v) is 8.37. The molecule has 0 aliphatic carbocycles. The van der Waals surface area contributed by atoms with Gasteiger partial charge < -0.3 is 10.2 Å². The van der Waals surface area contributed by atoms with Gasteiger partial charge in [0.1, 0.15) is 16.7 Å². The molecule has 8 heteroatoms. The molecule has 25 heavy (non-hydrogen) atoms. The third-order valence-corrected chi connectivity index (χ3v) is 5.12. The third kappa shape index (κ3) is 2.76. The highest BCUT2D eigenvalue weighted by Gasteiger charge is 2.24. The minimum absolute atomic E-state index is 0.00596. The number of fused-ring (bicyclic) bond motifs is 1. The van der Waals surface area contributed by atoms with E-state index in [2.05, 4.69) is 0 Å². The number of aliphatic carboxylic acids is 1. The summed E-state index contributed by atoms with van der Waals surface area (Å²) in [6, 6.07) is 6.33. The van der Waals surface area contributed by atoms with Gasteiger partial charge in [0.05, 0.1) is 22.5 Å². The fourth-order valence-electron chi connectivity index (χ4n) is 2.79. The number of phenolic OH excluding ortho intramolecular Hbond substituents is 1. The molecular formula is C17H11ClN2O4S. The zero-order valence-corrected chi connectivity index (χ0v) is 14.5. The molecule has 0 atom stereocenters. The maximum absolute atomic E-state index is 12.9. The summed E-state index contributed by atoms with van der Waals surface area (Å²) in [5.74, 6) is -1.65. The number of carbonyl (C=O) groups excluding carboxylic acids is 1. The molecule has 0 saturated carbocycles. The molecule has 126 valence electrons. The van der Waals surface area contributed by atoms with E-state index < -0.39 is 11.9 Å². The van der Waals surface area contributed by atoms with Crippen molar-refractivity contribution < 1.29 is 19.8 Å². The van der Waals surface area contributed by atoms with Crippen LogP contribution in [-0.4, -0.2) is 26.7 Å². The average molecular weight is 375 g/mol. The van der Waals surface area contributed by atoms with E-state index in [9.17, 15) is 19.8 Å². The summed E-state index contributed by atoms with van der Waals surface area (Å²) in [4.78, 5) is 24.5. The van der Waals surface area contributed by atoms with Gasteiger partial charge in [0.2, 0.25) is 0 Å². The number of halogens is 1. The number of aromatic hydroxyl groups is 1. The van der Waals surface area contributed by atoms with Crippen molar-refractivity contribution in [1.29, 1.82) is 5.26 Å². The van der Waals surface area contributed by atoms with E-state index in [1.165, 1.54) is 22.8 Å². The first-order chi connectivity index (χ1) is 11.8. The fourth-order valence-corrected chi connectivity index (χ4v) is 3.73. The molecule has 0 saturated heterocycles. The van der Waals surface area contributed by atoms with Crippen molar-refractivity contribution in [2.75, 3.05) is 0 Å². The lowest BCUT2D eigenvalue weighted by Gasteiger charge is -2.06. The van der Waals surface area contributed by atoms with Crippen molar-refractivity contribution in [2.45, 2.75) is 13.3 Å². The Kier molecular flexibility index (Phi) is 4.25. The van der Waals surface area contributed by atoms with Gasteiger partial charge in [0.15, 0.2) is 0 Å². The number of hydrogen-bond acceptors (Lipinski definition) is 5. The number of nitrogens with zero attached hydrogens (tertiary/aromatic N) is 2. The highest BCUT2D eigenvalue weighted by atomic mass is 35.5. The minimum atomic E-state index is -1.07. The van der Waals surface area contributed by atoms with Crippen molar-refractivity contribution >= 4 is 45.7 Å². The summed E-state index contributed by atoms with van der Waals surface area (Å²) in [6.45, 7) is 1.63. The number of carboxylic acids is 1. The summed E-state index contributed by atoms with van der Waals surface area (Å²) in [7, 11) is 0. The van der Waals surface area contributed by atoms with Gasteiger partial charge in [-0.05, 0) is 30.7 Å². The van der Waals surface area contributed by atoms with Gasteiger partial charge in [-0.2, -0.15) is 5.26 Å². The Morgan fingerprint density at radius 3 is 2.72 bits per heavy atom. The van der Waals surface area contributed by atoms with Gasteiger partial charge in [-0.1, -0.05) is 11.6 Å². The Labute approximate surface area is 151 Å². The SMILES string of the molecule is Cc1c(CC(=O)O)c2c(Cl)c(O)ccc2n1C(=O)c1csc(C#N)c1. The van der Waals surface area contributed by atoms with Crippen molar-refractivity contribution in [3.8, 4) is 11.8 Å². The van der Waals surface area contributed by atoms with Crippen LogP contribution >= 0.6 is 22.9 Å². The summed E-state index contributed by atoms with van der Waals surface area (Å²) in [5, 5.41) is 29.9. The van der Waals surface area contributed by atoms with Crippen LogP contribution in [0.4, 0.5) is 0 Å². The molecule has 0 fully saturated rings. The molecular weight excluding hydrogens is 364 g/mol. The number of carboxylic acid groups (broad SMARTS) is 1. The molecule has 2 heterocycles. The second-order valence-corrected chi connectivity index (χ2v) is 6.67. The first-order valence-electron chi connectivity index (χ1n) is 7.11. The lowest BCUT2D eigenvalue weighted by atomic mass is 10.1. The van der Waals surface area contributed by atoms with Crippen molar-refractivity contribution in [1.82, 2.24) is 4.57 Å². The highest BCUT2D eigenvalue weighted by Crippen LogP contribution is 2.38. The Morgan fingerprint density at radius 2 is 2.12 bits per heavy atom. The lowest BCUT2D eigenvalue weighted by molar-refractivity contribution is -0.136. The van der Waals surface area contributed by atoms with Gasteiger partial charge >= 0.3 is 5.97 Å². The molecule has 6 nitrogen and oxygen atoms in total. The Hall–Kier alpha value is -2.82. The first kappa shape index (κ1) is 17.0. The topological polar surface area (TPSA) is 103 Å². The number of nitriles is 1. The number of thiophene rings is 1. The van der Waals surface area contributed by atoms with Gasteiger partial charge in [-0.3, -0.25) is 14.2 Å². The molecule has 0 unspecified atom stereocenters. The molecule has 2 aromatic heterocycles. The molecule has 0 radical (unpaired) electrons. The van der Waals surface area contributed by atoms with Crippen LogP contribution in [0.2, 0.25) is 5.02 Å². The summed E-state index contributed by atoms with van der Waals surface area (Å²) in [6.07, 6.45) is -0.334. The van der Waals surface area contributed by atoms with Crippen LogP contribution in [0.1, 0.15) is 26.5 Å². The van der Waals surface area contributed by atoms with E-state index in [4.69, 9.17) is 16.9 Å². The Balaban J connectivity index is 2.30. The number of carbonyl (C=O) groups is 2. The monoisotopic (exact) mass is 374 g/mol. The third-order valence-electron chi connectivity index (χ3n) is 3.90. The Bertz CT molecular complexity index is 1070. The number of rotatable bonds is 3. The predicted octanol–water partition coefficient (Wildman–Crippen LogP) is 3.56. The Morgan fingerprint density at radius 1 is 1.40 bits per heavy atom. The molecule has 1 aromatic carbocycles. The van der Waals surface area contributed by atoms with E-state index in [-0.39, 0.29) is 17.2 Å². The quantitative estimate of drug-likeness (QED) is 0.729. The smallest absolute Gasteiger partial charge is 0.307 e. The number of phenols is 1. The standard InChI is InChI=1S/C17H11ClN2O4S/c1-8-11(5-14(22)23)15-12(2-3-13(21)16(15)18)20(8)17(24)9-4-10(6-19)25-7-9/h2-4,7,21H,5H2,1H3,(H,22,23). The van der Waals surface area contributed by atoms with Crippen LogP contribution in [-0.2, 0) is 11.2 Å². The zero-order valence-electron chi connectivity index (χ0n) is 12.9. The van der Waals surface area contributed by atoms with Crippen LogP contribution in [0, 0.1) is 18.3 Å². The largest absolute Gasteiger partial charge is 0.506 e. The van der Waals surface area contributed by atoms with Crippen LogP contribution in [0.25, 0.3) is 10.9 Å². The lowest BCUT2D eigenvalue weighted by Crippen LogP contribution is -2.13. The predicted molar refractivity (Wildman–Crippen MR) is 93.5 cm³/mol. The molecule has 0 spiro atoms. The van der Waals surface area contributed by atoms with Crippen LogP contribution < -0.4 is 0 Å². The summed E-state index contributed by atoms with van der Waals surface area (Å²) in [5.41, 5.74) is 1.53. The van der Waals surface area contributed by atoms with Gasteiger partial charge in [0, 0.05) is 16.5 Å². The van der Waals surface area contributed by atoms with E-state index in [0.29, 0.717) is 32.6 Å². The number of benzene rings is 1. The fraction of sp³-hybridized carbons (Fsp3) is 0.118.